The summed E-state index contributed by atoms with van der Waals surface area (Å²) >= 11 is 0. The third-order valence-corrected chi connectivity index (χ3v) is 0.916. The fraction of sp³-hybridized carbons (Fsp3) is 1.00. The fourth-order valence-electron chi connectivity index (χ4n) is 0.315. The van der Waals surface area contributed by atoms with Crippen LogP contribution in [0.1, 0.15) is 6.92 Å². The minimum Gasteiger partial charge on any atom is -0.311 e. The predicted molar refractivity (Wildman–Crippen MR) is 30.4 cm³/mol. The first kappa shape index (κ1) is 7.36. The molecule has 0 spiro atoms. The van der Waals surface area contributed by atoms with Crippen molar-refractivity contribution < 1.29 is 4.92 Å². The lowest BCUT2D eigenvalue weighted by Crippen LogP contribution is -2.29. The summed E-state index contributed by atoms with van der Waals surface area (Å²) in [5.74, 6) is 0. The van der Waals surface area contributed by atoms with Gasteiger partial charge < -0.3 is 5.32 Å². The molecule has 0 unspecified atom stereocenters. The molecule has 8 heavy (non-hydrogen) atoms. The van der Waals surface area contributed by atoms with Gasteiger partial charge in [0.05, 0.1) is 6.04 Å². The van der Waals surface area contributed by atoms with Gasteiger partial charge in [0.1, 0.15) is 0 Å². The van der Waals surface area contributed by atoms with Crippen molar-refractivity contribution in [1.29, 1.82) is 0 Å². The first-order valence-electron chi connectivity index (χ1n) is 2.46. The van der Waals surface area contributed by atoms with Crippen LogP contribution in [0.15, 0.2) is 0 Å². The van der Waals surface area contributed by atoms with E-state index in [2.05, 4.69) is 5.32 Å². The Labute approximate surface area is 48.0 Å². The minimum absolute atomic E-state index is 0.00347. The van der Waals surface area contributed by atoms with E-state index >= 15 is 0 Å². The highest BCUT2D eigenvalue weighted by molar-refractivity contribution is 4.51. The molecule has 0 bridgehead atoms. The second kappa shape index (κ2) is 3.37. The summed E-state index contributed by atoms with van der Waals surface area (Å²) in [6.07, 6.45) is 0. The Morgan fingerprint density at radius 2 is 2.38 bits per heavy atom. The van der Waals surface area contributed by atoms with E-state index in [4.69, 9.17) is 0 Å². The second-order valence-corrected chi connectivity index (χ2v) is 1.71. The standard InChI is InChI=1S/C4H10N2O2/c1-4(5-2)3-6(7)8/h4-5H,3H2,1-2H3/t4-/m0/s1. The lowest BCUT2D eigenvalue weighted by atomic mass is 10.4. The van der Waals surface area contributed by atoms with Gasteiger partial charge in [0.15, 0.2) is 0 Å². The van der Waals surface area contributed by atoms with Gasteiger partial charge in [-0.05, 0) is 14.0 Å². The number of likely N-dealkylation sites (N-methyl/N-ethyl adjacent to an activating group) is 1. The zero-order valence-corrected chi connectivity index (χ0v) is 5.05. The van der Waals surface area contributed by atoms with Crippen LogP contribution in [-0.4, -0.2) is 24.6 Å². The van der Waals surface area contributed by atoms with Gasteiger partial charge in [-0.3, -0.25) is 10.1 Å². The summed E-state index contributed by atoms with van der Waals surface area (Å²) in [6, 6.07) is -0.0231. The molecule has 0 aromatic rings. The lowest BCUT2D eigenvalue weighted by Gasteiger charge is -2.01. The molecule has 0 aromatic heterocycles. The Kier molecular flexibility index (Phi) is 3.10. The molecule has 0 aliphatic carbocycles. The Morgan fingerprint density at radius 3 is 2.50 bits per heavy atom. The monoisotopic (exact) mass is 118 g/mol. The van der Waals surface area contributed by atoms with E-state index in [-0.39, 0.29) is 17.5 Å². The van der Waals surface area contributed by atoms with Crippen molar-refractivity contribution in [2.24, 2.45) is 0 Å². The molecule has 0 fully saturated rings. The average Bonchev–Trinajstić information content (AvgIpc) is 1.65. The number of nitrogens with one attached hydrogen (secondary N) is 1. The normalized spacial score (nSPS) is 13.2. The zero-order chi connectivity index (χ0) is 6.57. The van der Waals surface area contributed by atoms with Crippen molar-refractivity contribution in [3.05, 3.63) is 10.1 Å². The zero-order valence-electron chi connectivity index (χ0n) is 5.05. The van der Waals surface area contributed by atoms with Crippen molar-refractivity contribution >= 4 is 0 Å². The van der Waals surface area contributed by atoms with Gasteiger partial charge in [0.2, 0.25) is 6.54 Å². The molecule has 0 aliphatic rings. The highest BCUT2D eigenvalue weighted by Crippen LogP contribution is 1.77. The van der Waals surface area contributed by atoms with E-state index < -0.39 is 0 Å². The molecule has 4 nitrogen and oxygen atoms in total. The van der Waals surface area contributed by atoms with Gasteiger partial charge in [0, 0.05) is 4.92 Å². The van der Waals surface area contributed by atoms with Gasteiger partial charge in [-0.25, -0.2) is 0 Å². The highest BCUT2D eigenvalue weighted by Gasteiger charge is 2.03. The van der Waals surface area contributed by atoms with Gasteiger partial charge in [0.25, 0.3) is 0 Å². The molecule has 4 heteroatoms. The molecule has 0 saturated carbocycles. The topological polar surface area (TPSA) is 55.2 Å². The van der Waals surface area contributed by atoms with Gasteiger partial charge in [-0.2, -0.15) is 0 Å². The maximum atomic E-state index is 9.73. The quantitative estimate of drug-likeness (QED) is 0.415. The maximum Gasteiger partial charge on any atom is 0.218 e. The Morgan fingerprint density at radius 1 is 1.88 bits per heavy atom. The van der Waals surface area contributed by atoms with E-state index in [9.17, 15) is 10.1 Å². The summed E-state index contributed by atoms with van der Waals surface area (Å²) in [5.41, 5.74) is 0. The van der Waals surface area contributed by atoms with Gasteiger partial charge in [-0.15, -0.1) is 0 Å². The van der Waals surface area contributed by atoms with Crippen LogP contribution in [-0.2, 0) is 0 Å². The summed E-state index contributed by atoms with van der Waals surface area (Å²) in [7, 11) is 1.70. The van der Waals surface area contributed by atoms with Crippen molar-refractivity contribution in [3.8, 4) is 0 Å². The van der Waals surface area contributed by atoms with E-state index in [0.29, 0.717) is 0 Å². The summed E-state index contributed by atoms with van der Waals surface area (Å²) in [5, 5.41) is 12.5. The van der Waals surface area contributed by atoms with Crippen molar-refractivity contribution in [3.63, 3.8) is 0 Å². The van der Waals surface area contributed by atoms with Gasteiger partial charge in [-0.1, -0.05) is 0 Å². The first-order chi connectivity index (χ1) is 3.66. The van der Waals surface area contributed by atoms with Crippen molar-refractivity contribution in [2.45, 2.75) is 13.0 Å². The minimum atomic E-state index is -0.332. The van der Waals surface area contributed by atoms with Crippen LogP contribution >= 0.6 is 0 Å². The van der Waals surface area contributed by atoms with Crippen LogP contribution in [0.2, 0.25) is 0 Å². The molecule has 0 radical (unpaired) electrons. The summed E-state index contributed by atoms with van der Waals surface area (Å²) in [6.45, 7) is 1.76. The molecule has 0 saturated heterocycles. The molecule has 0 aromatic carbocycles. The molecular weight excluding hydrogens is 108 g/mol. The van der Waals surface area contributed by atoms with Crippen LogP contribution in [0.3, 0.4) is 0 Å². The number of nitrogens with zero attached hydrogens (tertiary/aromatic N) is 1. The second-order valence-electron chi connectivity index (χ2n) is 1.71. The summed E-state index contributed by atoms with van der Waals surface area (Å²) < 4.78 is 0. The highest BCUT2D eigenvalue weighted by atomic mass is 16.6. The molecule has 0 rings (SSSR count). The van der Waals surface area contributed by atoms with Crippen LogP contribution in [0.5, 0.6) is 0 Å². The Balaban J connectivity index is 3.24. The van der Waals surface area contributed by atoms with Gasteiger partial charge >= 0.3 is 0 Å². The maximum absolute atomic E-state index is 9.73. The van der Waals surface area contributed by atoms with E-state index in [1.807, 2.05) is 0 Å². The van der Waals surface area contributed by atoms with E-state index in [0.717, 1.165) is 0 Å². The Bertz CT molecular complexity index is 84.1. The predicted octanol–water partition coefficient (Wildman–Crippen LogP) is -0.129. The van der Waals surface area contributed by atoms with E-state index in [1.54, 1.807) is 14.0 Å². The van der Waals surface area contributed by atoms with Crippen LogP contribution < -0.4 is 5.32 Å². The van der Waals surface area contributed by atoms with Crippen LogP contribution in [0.25, 0.3) is 0 Å². The molecule has 1 atom stereocenters. The molecule has 0 amide bonds. The third kappa shape index (κ3) is 3.55. The largest absolute Gasteiger partial charge is 0.311 e. The first-order valence-corrected chi connectivity index (χ1v) is 2.46. The number of hydrogen-bond donors (Lipinski definition) is 1. The average molecular weight is 118 g/mol. The lowest BCUT2D eigenvalue weighted by molar-refractivity contribution is -0.482. The fourth-order valence-corrected chi connectivity index (χ4v) is 0.315. The summed E-state index contributed by atoms with van der Waals surface area (Å²) in [4.78, 5) is 9.40. The molecule has 0 heterocycles. The van der Waals surface area contributed by atoms with Crippen molar-refractivity contribution in [2.75, 3.05) is 13.6 Å². The Hall–Kier alpha value is -0.640. The molecule has 0 aliphatic heterocycles. The third-order valence-electron chi connectivity index (χ3n) is 0.916. The van der Waals surface area contributed by atoms with Crippen LogP contribution in [0, 0.1) is 10.1 Å². The number of hydrogen-bond acceptors (Lipinski definition) is 3. The molecular formula is C4H10N2O2. The number of rotatable bonds is 3. The molecule has 1 N–H and O–H groups in total. The molecule has 48 valence electrons. The van der Waals surface area contributed by atoms with E-state index in [1.165, 1.54) is 0 Å². The van der Waals surface area contributed by atoms with Crippen LogP contribution in [0.4, 0.5) is 0 Å². The van der Waals surface area contributed by atoms with Crippen molar-refractivity contribution in [1.82, 2.24) is 5.32 Å². The number of nitro groups is 1. The SMILES string of the molecule is CN[C@@H](C)C[N+](=O)[O-]. The smallest absolute Gasteiger partial charge is 0.218 e.